The second-order valence-corrected chi connectivity index (χ2v) is 5.92. The number of rotatable bonds is 7. The average molecular weight is 333 g/mol. The molecule has 1 amide bonds. The molecule has 1 atom stereocenters. The van der Waals surface area contributed by atoms with E-state index in [0.29, 0.717) is 0 Å². The number of alkyl halides is 3. The Hall–Kier alpha value is -1.76. The van der Waals surface area contributed by atoms with Crippen molar-refractivity contribution in [2.45, 2.75) is 57.5 Å². The van der Waals surface area contributed by atoms with Crippen LogP contribution in [0, 0.1) is 0 Å². The Morgan fingerprint density at radius 2 is 1.87 bits per heavy atom. The summed E-state index contributed by atoms with van der Waals surface area (Å²) in [4.78, 5) is 11.8. The van der Waals surface area contributed by atoms with Crippen LogP contribution < -0.4 is 5.32 Å². The van der Waals surface area contributed by atoms with Gasteiger partial charge < -0.3 is 15.2 Å². The van der Waals surface area contributed by atoms with Gasteiger partial charge in [-0.1, -0.05) is 30.3 Å². The predicted molar refractivity (Wildman–Crippen MR) is 79.8 cm³/mol. The Labute approximate surface area is 133 Å². The molecule has 0 aromatic heterocycles. The lowest BCUT2D eigenvalue weighted by Gasteiger charge is -2.30. The van der Waals surface area contributed by atoms with E-state index in [1.54, 1.807) is 24.3 Å². The Kier molecular flexibility index (Phi) is 6.87. The molecular weight excluding hydrogens is 311 g/mol. The van der Waals surface area contributed by atoms with Crippen molar-refractivity contribution in [3.8, 4) is 0 Å². The van der Waals surface area contributed by atoms with Gasteiger partial charge in [0.2, 0.25) is 0 Å². The molecule has 0 fully saturated rings. The molecule has 0 radical (unpaired) electrons. The van der Waals surface area contributed by atoms with Crippen molar-refractivity contribution in [3.05, 3.63) is 35.9 Å². The Morgan fingerprint density at radius 3 is 2.39 bits per heavy atom. The summed E-state index contributed by atoms with van der Waals surface area (Å²) in [5.41, 5.74) is -0.559. The van der Waals surface area contributed by atoms with Gasteiger partial charge in [0.15, 0.2) is 0 Å². The molecule has 130 valence electrons. The first-order valence-corrected chi connectivity index (χ1v) is 7.34. The number of hydrogen-bond acceptors (Lipinski definition) is 3. The van der Waals surface area contributed by atoms with E-state index >= 15 is 0 Å². The Morgan fingerprint density at radius 1 is 1.26 bits per heavy atom. The number of hydrogen-bond donors (Lipinski definition) is 2. The summed E-state index contributed by atoms with van der Waals surface area (Å²) in [6.07, 6.45) is -6.16. The van der Waals surface area contributed by atoms with E-state index in [0.717, 1.165) is 5.56 Å². The summed E-state index contributed by atoms with van der Waals surface area (Å²) in [5, 5.41) is 12.4. The van der Waals surface area contributed by atoms with Crippen molar-refractivity contribution >= 4 is 6.09 Å². The predicted octanol–water partition coefficient (Wildman–Crippen LogP) is 3.78. The summed E-state index contributed by atoms with van der Waals surface area (Å²) in [7, 11) is 0. The second-order valence-electron chi connectivity index (χ2n) is 5.92. The maximum Gasteiger partial charge on any atom is 0.407 e. The third-order valence-corrected chi connectivity index (χ3v) is 3.31. The fourth-order valence-corrected chi connectivity index (χ4v) is 2.02. The first-order valence-electron chi connectivity index (χ1n) is 7.34. The van der Waals surface area contributed by atoms with Crippen LogP contribution in [0.1, 0.15) is 38.7 Å². The fourth-order valence-electron chi connectivity index (χ4n) is 2.02. The smallest absolute Gasteiger partial charge is 0.407 e. The van der Waals surface area contributed by atoms with Crippen LogP contribution in [0.5, 0.6) is 0 Å². The molecule has 4 nitrogen and oxygen atoms in total. The maximum absolute atomic E-state index is 12.2. The van der Waals surface area contributed by atoms with Crippen LogP contribution in [0.4, 0.5) is 18.0 Å². The molecule has 0 aliphatic heterocycles. The lowest BCUT2D eigenvalue weighted by Crippen LogP contribution is -2.49. The van der Waals surface area contributed by atoms with Gasteiger partial charge in [0.25, 0.3) is 0 Å². The van der Waals surface area contributed by atoms with Gasteiger partial charge in [-0.2, -0.15) is 13.2 Å². The Balaban J connectivity index is 2.48. The lowest BCUT2D eigenvalue weighted by molar-refractivity contribution is -0.136. The molecule has 0 aliphatic rings. The van der Waals surface area contributed by atoms with Gasteiger partial charge in [0.05, 0.1) is 11.6 Å². The number of carbonyl (C=O) groups is 1. The normalized spacial score (nSPS) is 13.5. The highest BCUT2D eigenvalue weighted by Gasteiger charge is 2.31. The third kappa shape index (κ3) is 8.44. The second kappa shape index (κ2) is 8.19. The maximum atomic E-state index is 12.2. The first-order chi connectivity index (χ1) is 10.6. The summed E-state index contributed by atoms with van der Waals surface area (Å²) in [5.74, 6) is 0. The molecule has 0 bridgehead atoms. The minimum absolute atomic E-state index is 0.00342. The molecule has 23 heavy (non-hydrogen) atoms. The molecule has 0 saturated heterocycles. The van der Waals surface area contributed by atoms with Crippen LogP contribution in [0.3, 0.4) is 0 Å². The molecule has 0 spiro atoms. The minimum Gasteiger partial charge on any atom is -0.445 e. The monoisotopic (exact) mass is 333 g/mol. The van der Waals surface area contributed by atoms with Gasteiger partial charge in [0.1, 0.15) is 6.61 Å². The van der Waals surface area contributed by atoms with Gasteiger partial charge in [-0.25, -0.2) is 4.79 Å². The van der Waals surface area contributed by atoms with E-state index in [2.05, 4.69) is 5.32 Å². The lowest BCUT2D eigenvalue weighted by atomic mass is 9.94. The van der Waals surface area contributed by atoms with Crippen molar-refractivity contribution in [1.29, 1.82) is 0 Å². The van der Waals surface area contributed by atoms with Crippen LogP contribution in [0.15, 0.2) is 30.3 Å². The molecule has 0 aliphatic carbocycles. The fraction of sp³-hybridized carbons (Fsp3) is 0.562. The number of benzene rings is 1. The van der Waals surface area contributed by atoms with Crippen LogP contribution in [0.25, 0.3) is 0 Å². The minimum atomic E-state index is -4.25. The van der Waals surface area contributed by atoms with Crippen molar-refractivity contribution < 1.29 is 27.8 Å². The number of carbonyl (C=O) groups excluding carboxylic acids is 1. The quantitative estimate of drug-likeness (QED) is 0.798. The molecule has 2 N–H and O–H groups in total. The van der Waals surface area contributed by atoms with Gasteiger partial charge in [0, 0.05) is 6.42 Å². The first kappa shape index (κ1) is 19.3. The molecule has 1 rings (SSSR count). The zero-order valence-electron chi connectivity index (χ0n) is 13.2. The summed E-state index contributed by atoms with van der Waals surface area (Å²) in [6.45, 7) is 2.92. The molecule has 0 unspecified atom stereocenters. The third-order valence-electron chi connectivity index (χ3n) is 3.31. The van der Waals surface area contributed by atoms with E-state index in [4.69, 9.17) is 4.74 Å². The van der Waals surface area contributed by atoms with E-state index in [9.17, 15) is 23.1 Å². The summed E-state index contributed by atoms with van der Waals surface area (Å²) >= 11 is 0. The van der Waals surface area contributed by atoms with Crippen molar-refractivity contribution in [2.75, 3.05) is 0 Å². The standard InChI is InChI=1S/C16H22F3NO3/c1-15(2,22)13(9-6-10-16(17,18)19)20-14(21)23-11-12-7-4-3-5-8-12/h3-5,7-8,13,22H,6,9-11H2,1-2H3,(H,20,21)/t13-/m1/s1. The molecule has 0 heterocycles. The molecule has 1 aromatic carbocycles. The zero-order chi connectivity index (χ0) is 17.5. The molecular formula is C16H22F3NO3. The van der Waals surface area contributed by atoms with E-state index < -0.39 is 30.3 Å². The van der Waals surface area contributed by atoms with Gasteiger partial charge >= 0.3 is 12.3 Å². The van der Waals surface area contributed by atoms with Gasteiger partial charge in [-0.15, -0.1) is 0 Å². The number of aliphatic hydroxyl groups is 1. The number of ether oxygens (including phenoxy) is 1. The van der Waals surface area contributed by atoms with Gasteiger partial charge in [-0.3, -0.25) is 0 Å². The Bertz CT molecular complexity index is 484. The molecule has 7 heteroatoms. The average Bonchev–Trinajstić information content (AvgIpc) is 2.43. The van der Waals surface area contributed by atoms with Crippen molar-refractivity contribution in [1.82, 2.24) is 5.32 Å². The van der Waals surface area contributed by atoms with Gasteiger partial charge in [-0.05, 0) is 32.3 Å². The number of halogens is 3. The SMILES string of the molecule is CC(C)(O)[C@@H](CCCC(F)(F)F)NC(=O)OCc1ccccc1. The van der Waals surface area contributed by atoms with Crippen LogP contribution in [-0.2, 0) is 11.3 Å². The molecule has 1 aromatic rings. The van der Waals surface area contributed by atoms with E-state index in [1.165, 1.54) is 13.8 Å². The number of amides is 1. The van der Waals surface area contributed by atoms with Crippen LogP contribution in [0.2, 0.25) is 0 Å². The highest BCUT2D eigenvalue weighted by atomic mass is 19.4. The van der Waals surface area contributed by atoms with Crippen molar-refractivity contribution in [3.63, 3.8) is 0 Å². The molecule has 0 saturated carbocycles. The largest absolute Gasteiger partial charge is 0.445 e. The highest BCUT2D eigenvalue weighted by molar-refractivity contribution is 5.67. The van der Waals surface area contributed by atoms with Crippen molar-refractivity contribution in [2.24, 2.45) is 0 Å². The number of nitrogens with one attached hydrogen (secondary N) is 1. The topological polar surface area (TPSA) is 58.6 Å². The van der Waals surface area contributed by atoms with E-state index in [-0.39, 0.29) is 19.4 Å². The summed E-state index contributed by atoms with van der Waals surface area (Å²) in [6, 6.07) is 8.16. The van der Waals surface area contributed by atoms with E-state index in [1.807, 2.05) is 6.07 Å². The summed E-state index contributed by atoms with van der Waals surface area (Å²) < 4.78 is 41.6. The highest BCUT2D eigenvalue weighted by Crippen LogP contribution is 2.24. The van der Waals surface area contributed by atoms with Crippen LogP contribution >= 0.6 is 0 Å². The van der Waals surface area contributed by atoms with Crippen LogP contribution in [-0.4, -0.2) is 29.0 Å². The number of alkyl carbamates (subject to hydrolysis) is 1. The zero-order valence-corrected chi connectivity index (χ0v) is 13.2.